The van der Waals surface area contributed by atoms with Gasteiger partial charge in [0, 0.05) is 0 Å². The van der Waals surface area contributed by atoms with Crippen molar-refractivity contribution in [3.05, 3.63) is 35.1 Å². The van der Waals surface area contributed by atoms with E-state index in [4.69, 9.17) is 0 Å². The average molecular weight is 233 g/mol. The summed E-state index contributed by atoms with van der Waals surface area (Å²) in [5.41, 5.74) is 0.483. The second-order valence-electron chi connectivity index (χ2n) is 4.70. The molecule has 1 aromatic carbocycles. The maximum absolute atomic E-state index is 13.1. The monoisotopic (exact) mass is 233 g/mol. The smallest absolute Gasteiger partial charge is 0.123 e. The lowest BCUT2D eigenvalue weighted by Gasteiger charge is -2.29. The van der Waals surface area contributed by atoms with Crippen LogP contribution in [0.1, 0.15) is 37.3 Å². The minimum absolute atomic E-state index is 0.281. The molecule has 0 saturated heterocycles. The highest BCUT2D eigenvalue weighted by Gasteiger charge is 2.43. The Morgan fingerprint density at radius 1 is 1.59 bits per heavy atom. The Kier molecular flexibility index (Phi) is 3.17. The Labute approximate surface area is 101 Å². The molecule has 0 radical (unpaired) electrons. The Bertz CT molecular complexity index is 466. The molecule has 0 heterocycles. The molecule has 0 aromatic heterocycles. The van der Waals surface area contributed by atoms with Crippen LogP contribution in [0.3, 0.4) is 0 Å². The lowest BCUT2D eigenvalue weighted by atomic mass is 9.81. The highest BCUT2D eigenvalue weighted by Crippen LogP contribution is 2.43. The summed E-state index contributed by atoms with van der Waals surface area (Å²) in [6.45, 7) is 1.99. The van der Waals surface area contributed by atoms with Crippen LogP contribution < -0.4 is 0 Å². The number of aliphatic hydroxyl groups is 1. The van der Waals surface area contributed by atoms with Crippen LogP contribution in [-0.2, 0) is 12.0 Å². The van der Waals surface area contributed by atoms with Crippen molar-refractivity contribution >= 4 is 0 Å². The zero-order valence-corrected chi connectivity index (χ0v) is 9.91. The van der Waals surface area contributed by atoms with E-state index in [0.717, 1.165) is 17.5 Å². The van der Waals surface area contributed by atoms with Crippen molar-refractivity contribution in [2.24, 2.45) is 5.92 Å². The molecule has 1 aliphatic carbocycles. The van der Waals surface area contributed by atoms with Gasteiger partial charge in [0.25, 0.3) is 0 Å². The van der Waals surface area contributed by atoms with Crippen LogP contribution >= 0.6 is 0 Å². The van der Waals surface area contributed by atoms with Gasteiger partial charge in [-0.05, 0) is 42.5 Å². The van der Waals surface area contributed by atoms with Gasteiger partial charge in [0.15, 0.2) is 0 Å². The zero-order chi connectivity index (χ0) is 12.5. The molecule has 0 saturated carbocycles. The first kappa shape index (κ1) is 12.1. The van der Waals surface area contributed by atoms with Crippen LogP contribution in [0.25, 0.3) is 0 Å². The number of halogens is 1. The predicted octanol–water partition coefficient (Wildman–Crippen LogP) is 2.90. The summed E-state index contributed by atoms with van der Waals surface area (Å²) in [5, 5.41) is 19.9. The van der Waals surface area contributed by atoms with Crippen LogP contribution in [0.4, 0.5) is 4.39 Å². The first-order valence-electron chi connectivity index (χ1n) is 6.02. The molecule has 2 rings (SSSR count). The zero-order valence-electron chi connectivity index (χ0n) is 9.91. The minimum Gasteiger partial charge on any atom is -0.384 e. The fraction of sp³-hybridized carbons (Fsp3) is 0.500. The average Bonchev–Trinajstić information content (AvgIpc) is 2.64. The van der Waals surface area contributed by atoms with Gasteiger partial charge in [-0.15, -0.1) is 0 Å². The van der Waals surface area contributed by atoms with Gasteiger partial charge in [-0.25, -0.2) is 4.39 Å². The number of rotatable bonds is 3. The predicted molar refractivity (Wildman–Crippen MR) is 62.6 cm³/mol. The summed E-state index contributed by atoms with van der Waals surface area (Å²) in [6.07, 6.45) is 2.69. The van der Waals surface area contributed by atoms with E-state index in [1.54, 1.807) is 6.07 Å². The molecule has 0 aliphatic heterocycles. The van der Waals surface area contributed by atoms with Crippen LogP contribution in [0.5, 0.6) is 0 Å². The summed E-state index contributed by atoms with van der Waals surface area (Å²) < 4.78 is 13.1. The highest BCUT2D eigenvalue weighted by atomic mass is 19.1. The summed E-state index contributed by atoms with van der Waals surface area (Å²) in [6, 6.07) is 6.64. The minimum atomic E-state index is -1.09. The molecule has 0 amide bonds. The van der Waals surface area contributed by atoms with Gasteiger partial charge in [-0.1, -0.05) is 19.4 Å². The Morgan fingerprint density at radius 3 is 3.00 bits per heavy atom. The Balaban J connectivity index is 2.40. The third kappa shape index (κ3) is 1.94. The molecule has 0 spiro atoms. The van der Waals surface area contributed by atoms with Gasteiger partial charge in [0.2, 0.25) is 0 Å². The van der Waals surface area contributed by atoms with E-state index < -0.39 is 11.5 Å². The maximum Gasteiger partial charge on any atom is 0.123 e. The van der Waals surface area contributed by atoms with Crippen molar-refractivity contribution in [3.63, 3.8) is 0 Å². The summed E-state index contributed by atoms with van der Waals surface area (Å²) in [5.74, 6) is -0.684. The Morgan fingerprint density at radius 2 is 2.35 bits per heavy atom. The second-order valence-corrected chi connectivity index (χ2v) is 4.70. The van der Waals surface area contributed by atoms with Crippen LogP contribution in [0.2, 0.25) is 0 Å². The first-order valence-corrected chi connectivity index (χ1v) is 6.02. The molecular formula is C14H16FNO. The van der Waals surface area contributed by atoms with Crippen molar-refractivity contribution in [1.82, 2.24) is 0 Å². The normalized spacial score (nSPS) is 24.1. The molecular weight excluding hydrogens is 217 g/mol. The number of benzene rings is 1. The fourth-order valence-electron chi connectivity index (χ4n) is 2.71. The fourth-order valence-corrected chi connectivity index (χ4v) is 2.71. The number of nitrogens with zero attached hydrogens (tertiary/aromatic N) is 1. The van der Waals surface area contributed by atoms with Gasteiger partial charge in [-0.2, -0.15) is 5.26 Å². The summed E-state index contributed by atoms with van der Waals surface area (Å²) in [7, 11) is 0. The molecule has 2 nitrogen and oxygen atoms in total. The van der Waals surface area contributed by atoms with E-state index in [9.17, 15) is 14.8 Å². The molecule has 1 N–H and O–H groups in total. The molecule has 3 heteroatoms. The third-order valence-corrected chi connectivity index (χ3v) is 3.62. The lowest BCUT2D eigenvalue weighted by molar-refractivity contribution is -0.00418. The number of hydrogen-bond acceptors (Lipinski definition) is 2. The number of aryl methyl sites for hydroxylation is 1. The standard InChI is InChI=1S/C14H16FNO/c1-2-3-11(9-16)14(17)7-6-10-8-12(15)4-5-13(10)14/h4-5,8,11,17H,2-3,6-7H2,1H3. The largest absolute Gasteiger partial charge is 0.384 e. The molecule has 90 valence electrons. The van der Waals surface area contributed by atoms with E-state index in [-0.39, 0.29) is 5.82 Å². The third-order valence-electron chi connectivity index (χ3n) is 3.62. The SMILES string of the molecule is CCCC(C#N)C1(O)CCc2cc(F)ccc21. The van der Waals surface area contributed by atoms with Crippen molar-refractivity contribution in [1.29, 1.82) is 5.26 Å². The van der Waals surface area contributed by atoms with Gasteiger partial charge >= 0.3 is 0 Å². The van der Waals surface area contributed by atoms with Gasteiger partial charge < -0.3 is 5.11 Å². The summed E-state index contributed by atoms with van der Waals surface area (Å²) in [4.78, 5) is 0. The van der Waals surface area contributed by atoms with E-state index in [1.807, 2.05) is 6.92 Å². The van der Waals surface area contributed by atoms with Gasteiger partial charge in [0.05, 0.1) is 12.0 Å². The molecule has 1 aromatic rings. The quantitative estimate of drug-likeness (QED) is 0.872. The topological polar surface area (TPSA) is 44.0 Å². The maximum atomic E-state index is 13.1. The molecule has 2 atom stereocenters. The number of nitriles is 1. The van der Waals surface area contributed by atoms with E-state index in [1.165, 1.54) is 12.1 Å². The van der Waals surface area contributed by atoms with E-state index in [0.29, 0.717) is 19.3 Å². The molecule has 0 fully saturated rings. The highest BCUT2D eigenvalue weighted by molar-refractivity contribution is 5.39. The van der Waals surface area contributed by atoms with Crippen LogP contribution in [-0.4, -0.2) is 5.11 Å². The molecule has 0 bridgehead atoms. The number of fused-ring (bicyclic) bond motifs is 1. The number of hydrogen-bond donors (Lipinski definition) is 1. The second kappa shape index (κ2) is 4.46. The van der Waals surface area contributed by atoms with Crippen molar-refractivity contribution in [2.75, 3.05) is 0 Å². The molecule has 17 heavy (non-hydrogen) atoms. The van der Waals surface area contributed by atoms with Crippen molar-refractivity contribution in [2.45, 2.75) is 38.2 Å². The lowest BCUT2D eigenvalue weighted by Crippen LogP contribution is -2.31. The van der Waals surface area contributed by atoms with Gasteiger partial charge in [0.1, 0.15) is 11.4 Å². The van der Waals surface area contributed by atoms with Crippen LogP contribution in [0, 0.1) is 23.1 Å². The first-order chi connectivity index (χ1) is 8.11. The van der Waals surface area contributed by atoms with Crippen molar-refractivity contribution in [3.8, 4) is 6.07 Å². The molecule has 1 aliphatic rings. The summed E-state index contributed by atoms with van der Waals surface area (Å²) >= 11 is 0. The van der Waals surface area contributed by atoms with E-state index >= 15 is 0 Å². The van der Waals surface area contributed by atoms with E-state index in [2.05, 4.69) is 6.07 Å². The molecule has 2 unspecified atom stereocenters. The Hall–Kier alpha value is -1.40. The van der Waals surface area contributed by atoms with Crippen molar-refractivity contribution < 1.29 is 9.50 Å². The van der Waals surface area contributed by atoms with Gasteiger partial charge in [-0.3, -0.25) is 0 Å². The van der Waals surface area contributed by atoms with Crippen LogP contribution in [0.15, 0.2) is 18.2 Å².